The van der Waals surface area contributed by atoms with E-state index in [2.05, 4.69) is 47.6 Å². The van der Waals surface area contributed by atoms with Gasteiger partial charge < -0.3 is 5.32 Å². The minimum atomic E-state index is 0.936. The molecule has 2 rings (SSSR count). The van der Waals surface area contributed by atoms with Crippen molar-refractivity contribution in [2.24, 2.45) is 0 Å². The van der Waals surface area contributed by atoms with E-state index in [1.165, 1.54) is 16.0 Å². The Morgan fingerprint density at radius 3 is 2.72 bits per heavy atom. The summed E-state index contributed by atoms with van der Waals surface area (Å²) in [5, 5.41) is 12.5. The van der Waals surface area contributed by atoms with Gasteiger partial charge in [-0.25, -0.2) is 0 Å². The van der Waals surface area contributed by atoms with Crippen molar-refractivity contribution in [2.45, 2.75) is 36.6 Å². The van der Waals surface area contributed by atoms with Gasteiger partial charge in [0.05, 0.1) is 0 Å². The molecule has 0 amide bonds. The van der Waals surface area contributed by atoms with Crippen LogP contribution in [0.15, 0.2) is 27.4 Å². The molecule has 18 heavy (non-hydrogen) atoms. The molecule has 0 atom stereocenters. The minimum absolute atomic E-state index is 0.936. The fraction of sp³-hybridized carbons (Fsp3) is 0.385. The van der Waals surface area contributed by atoms with E-state index in [1.54, 1.807) is 23.1 Å². The predicted octanol–water partition coefficient (Wildman–Crippen LogP) is 3.42. The number of benzene rings is 1. The lowest BCUT2D eigenvalue weighted by atomic mass is 10.1. The van der Waals surface area contributed by atoms with Crippen LogP contribution in [0.4, 0.5) is 0 Å². The lowest BCUT2D eigenvalue weighted by Gasteiger charge is -2.07. The normalized spacial score (nSPS) is 10.8. The fourth-order valence-corrected chi connectivity index (χ4v) is 3.50. The van der Waals surface area contributed by atoms with Crippen LogP contribution in [0.1, 0.15) is 23.1 Å². The number of nitrogens with zero attached hydrogens (tertiary/aromatic N) is 2. The van der Waals surface area contributed by atoms with Gasteiger partial charge in [0.15, 0.2) is 4.34 Å². The summed E-state index contributed by atoms with van der Waals surface area (Å²) in [7, 11) is 0. The van der Waals surface area contributed by atoms with Crippen molar-refractivity contribution in [2.75, 3.05) is 6.54 Å². The summed E-state index contributed by atoms with van der Waals surface area (Å²) >= 11 is 3.31. The molecule has 2 aromatic rings. The first-order valence-corrected chi connectivity index (χ1v) is 7.60. The summed E-state index contributed by atoms with van der Waals surface area (Å²) < 4.78 is 1.01. The van der Waals surface area contributed by atoms with Gasteiger partial charge in [-0.05, 0) is 43.7 Å². The van der Waals surface area contributed by atoms with Crippen molar-refractivity contribution in [3.8, 4) is 0 Å². The largest absolute Gasteiger partial charge is 0.313 e. The molecule has 0 aliphatic rings. The summed E-state index contributed by atoms with van der Waals surface area (Å²) in [5.74, 6) is 0. The molecule has 0 spiro atoms. The van der Waals surface area contributed by atoms with Crippen LogP contribution in [-0.2, 0) is 6.54 Å². The Labute approximate surface area is 116 Å². The summed E-state index contributed by atoms with van der Waals surface area (Å²) in [4.78, 5) is 1.23. The summed E-state index contributed by atoms with van der Waals surface area (Å²) in [6.45, 7) is 8.19. The van der Waals surface area contributed by atoms with Crippen LogP contribution in [0.25, 0.3) is 0 Å². The van der Waals surface area contributed by atoms with E-state index in [0.29, 0.717) is 0 Å². The van der Waals surface area contributed by atoms with Crippen LogP contribution < -0.4 is 5.32 Å². The van der Waals surface area contributed by atoms with Crippen LogP contribution in [0.5, 0.6) is 0 Å². The average molecular weight is 279 g/mol. The number of aromatic nitrogens is 2. The van der Waals surface area contributed by atoms with E-state index >= 15 is 0 Å². The molecule has 0 fully saturated rings. The molecule has 0 bridgehead atoms. The summed E-state index contributed by atoms with van der Waals surface area (Å²) in [6, 6.07) is 6.56. The fourth-order valence-electron chi connectivity index (χ4n) is 1.61. The topological polar surface area (TPSA) is 37.8 Å². The molecule has 1 aromatic heterocycles. The van der Waals surface area contributed by atoms with E-state index in [-0.39, 0.29) is 0 Å². The molecule has 1 aromatic carbocycles. The molecule has 0 aliphatic carbocycles. The van der Waals surface area contributed by atoms with Crippen molar-refractivity contribution in [3.05, 3.63) is 34.3 Å². The third-order valence-corrected chi connectivity index (χ3v) is 4.47. The molecular weight excluding hydrogens is 262 g/mol. The molecule has 1 N–H and O–H groups in total. The van der Waals surface area contributed by atoms with Crippen molar-refractivity contribution in [1.82, 2.24) is 15.5 Å². The van der Waals surface area contributed by atoms with Gasteiger partial charge in [-0.3, -0.25) is 0 Å². The molecule has 96 valence electrons. The van der Waals surface area contributed by atoms with Gasteiger partial charge in [-0.2, -0.15) is 0 Å². The SMILES string of the molecule is CCNCc1ccc(Sc2nnc(C)s2)cc1C. The van der Waals surface area contributed by atoms with Gasteiger partial charge >= 0.3 is 0 Å². The zero-order chi connectivity index (χ0) is 13.0. The average Bonchev–Trinajstić information content (AvgIpc) is 2.74. The molecule has 0 unspecified atom stereocenters. The van der Waals surface area contributed by atoms with Crippen LogP contribution in [0.3, 0.4) is 0 Å². The first-order valence-electron chi connectivity index (χ1n) is 5.97. The van der Waals surface area contributed by atoms with E-state index < -0.39 is 0 Å². The van der Waals surface area contributed by atoms with Gasteiger partial charge in [0.2, 0.25) is 0 Å². The lowest BCUT2D eigenvalue weighted by Crippen LogP contribution is -2.12. The van der Waals surface area contributed by atoms with E-state index in [4.69, 9.17) is 0 Å². The molecule has 5 heteroatoms. The number of hydrogen-bond acceptors (Lipinski definition) is 5. The summed E-state index contributed by atoms with van der Waals surface area (Å²) in [6.07, 6.45) is 0. The molecular formula is C13H17N3S2. The molecule has 0 radical (unpaired) electrons. The van der Waals surface area contributed by atoms with Crippen molar-refractivity contribution in [3.63, 3.8) is 0 Å². The second-order valence-corrected chi connectivity index (χ2v) is 6.56. The Morgan fingerprint density at radius 2 is 2.11 bits per heavy atom. The molecule has 0 saturated carbocycles. The van der Waals surface area contributed by atoms with E-state index in [0.717, 1.165) is 22.4 Å². The van der Waals surface area contributed by atoms with Crippen LogP contribution in [0, 0.1) is 13.8 Å². The van der Waals surface area contributed by atoms with Crippen molar-refractivity contribution in [1.29, 1.82) is 0 Å². The second-order valence-electron chi connectivity index (χ2n) is 4.06. The molecule has 3 nitrogen and oxygen atoms in total. The monoisotopic (exact) mass is 279 g/mol. The molecule has 0 aliphatic heterocycles. The first kappa shape index (κ1) is 13.5. The number of nitrogens with one attached hydrogen (secondary N) is 1. The van der Waals surface area contributed by atoms with Gasteiger partial charge in [0.25, 0.3) is 0 Å². The smallest absolute Gasteiger partial charge is 0.179 e. The predicted molar refractivity (Wildman–Crippen MR) is 77.3 cm³/mol. The minimum Gasteiger partial charge on any atom is -0.313 e. The molecule has 0 saturated heterocycles. The van der Waals surface area contributed by atoms with Crippen LogP contribution in [0.2, 0.25) is 0 Å². The Balaban J connectivity index is 2.08. The summed E-state index contributed by atoms with van der Waals surface area (Å²) in [5.41, 5.74) is 2.68. The number of aryl methyl sites for hydroxylation is 2. The van der Waals surface area contributed by atoms with Gasteiger partial charge in [0, 0.05) is 11.4 Å². The van der Waals surface area contributed by atoms with Gasteiger partial charge in [0.1, 0.15) is 5.01 Å². The van der Waals surface area contributed by atoms with Crippen LogP contribution >= 0.6 is 23.1 Å². The Kier molecular flexibility index (Phi) is 4.74. The maximum atomic E-state index is 4.13. The zero-order valence-corrected chi connectivity index (χ0v) is 12.5. The quantitative estimate of drug-likeness (QED) is 0.910. The number of rotatable bonds is 5. The second kappa shape index (κ2) is 6.31. The van der Waals surface area contributed by atoms with Crippen LogP contribution in [-0.4, -0.2) is 16.7 Å². The van der Waals surface area contributed by atoms with Crippen molar-refractivity contribution >= 4 is 23.1 Å². The highest BCUT2D eigenvalue weighted by molar-refractivity contribution is 8.01. The highest BCUT2D eigenvalue weighted by Crippen LogP contribution is 2.30. The van der Waals surface area contributed by atoms with E-state index in [1.807, 2.05) is 6.92 Å². The standard InChI is InChI=1S/C13H17N3S2/c1-4-14-8-11-5-6-12(7-9(11)2)18-13-16-15-10(3)17-13/h5-7,14H,4,8H2,1-3H3. The lowest BCUT2D eigenvalue weighted by molar-refractivity contribution is 0.723. The number of hydrogen-bond donors (Lipinski definition) is 1. The Bertz CT molecular complexity index is 523. The third-order valence-electron chi connectivity index (χ3n) is 2.59. The Hall–Kier alpha value is -0.910. The molecule has 1 heterocycles. The highest BCUT2D eigenvalue weighted by atomic mass is 32.2. The zero-order valence-electron chi connectivity index (χ0n) is 10.9. The van der Waals surface area contributed by atoms with Crippen molar-refractivity contribution < 1.29 is 0 Å². The van der Waals surface area contributed by atoms with Gasteiger partial charge in [-0.1, -0.05) is 36.1 Å². The highest BCUT2D eigenvalue weighted by Gasteiger charge is 2.05. The van der Waals surface area contributed by atoms with Gasteiger partial charge in [-0.15, -0.1) is 10.2 Å². The first-order chi connectivity index (χ1) is 8.69. The maximum Gasteiger partial charge on any atom is 0.179 e. The maximum absolute atomic E-state index is 4.13. The Morgan fingerprint density at radius 1 is 1.28 bits per heavy atom. The third kappa shape index (κ3) is 3.54. The van der Waals surface area contributed by atoms with E-state index in [9.17, 15) is 0 Å².